The molecule has 112 valence electrons. The SMILES string of the molecule is COc1ccc(CCNC(=O)c2nc[nH]c2C)cc1OC. The average Bonchev–Trinajstić information content (AvgIpc) is 2.93. The third-order valence-corrected chi connectivity index (χ3v) is 3.19. The van der Waals surface area contributed by atoms with Crippen LogP contribution in [0.15, 0.2) is 24.5 Å². The highest BCUT2D eigenvalue weighted by atomic mass is 16.5. The lowest BCUT2D eigenvalue weighted by Crippen LogP contribution is -2.26. The van der Waals surface area contributed by atoms with E-state index < -0.39 is 0 Å². The lowest BCUT2D eigenvalue weighted by Gasteiger charge is -2.10. The molecular formula is C15H19N3O3. The van der Waals surface area contributed by atoms with Crippen LogP contribution in [0.2, 0.25) is 0 Å². The Labute approximate surface area is 123 Å². The molecule has 6 heteroatoms. The lowest BCUT2D eigenvalue weighted by molar-refractivity contribution is 0.0949. The van der Waals surface area contributed by atoms with Crippen molar-refractivity contribution in [1.29, 1.82) is 0 Å². The molecule has 0 atom stereocenters. The summed E-state index contributed by atoms with van der Waals surface area (Å²) in [5, 5.41) is 2.85. The molecule has 0 radical (unpaired) electrons. The van der Waals surface area contributed by atoms with Gasteiger partial charge in [-0.05, 0) is 31.0 Å². The maximum atomic E-state index is 11.9. The normalized spacial score (nSPS) is 10.2. The highest BCUT2D eigenvalue weighted by Crippen LogP contribution is 2.27. The van der Waals surface area contributed by atoms with Crippen LogP contribution in [-0.2, 0) is 6.42 Å². The van der Waals surface area contributed by atoms with Crippen LogP contribution in [0.5, 0.6) is 11.5 Å². The number of benzene rings is 1. The number of carbonyl (C=O) groups excluding carboxylic acids is 1. The minimum Gasteiger partial charge on any atom is -0.493 e. The molecule has 0 aliphatic heterocycles. The Morgan fingerprint density at radius 2 is 2.05 bits per heavy atom. The number of ether oxygens (including phenoxy) is 2. The third kappa shape index (κ3) is 3.53. The fourth-order valence-corrected chi connectivity index (χ4v) is 2.03. The van der Waals surface area contributed by atoms with E-state index in [-0.39, 0.29) is 5.91 Å². The van der Waals surface area contributed by atoms with Gasteiger partial charge >= 0.3 is 0 Å². The van der Waals surface area contributed by atoms with E-state index in [2.05, 4.69) is 15.3 Å². The zero-order valence-electron chi connectivity index (χ0n) is 12.4. The van der Waals surface area contributed by atoms with E-state index in [4.69, 9.17) is 9.47 Å². The van der Waals surface area contributed by atoms with Crippen molar-refractivity contribution in [3.63, 3.8) is 0 Å². The van der Waals surface area contributed by atoms with Crippen molar-refractivity contribution in [2.75, 3.05) is 20.8 Å². The number of imidazole rings is 1. The molecule has 0 spiro atoms. The minimum absolute atomic E-state index is 0.172. The van der Waals surface area contributed by atoms with E-state index in [0.717, 1.165) is 11.3 Å². The van der Waals surface area contributed by atoms with E-state index in [9.17, 15) is 4.79 Å². The van der Waals surface area contributed by atoms with Gasteiger partial charge in [0.15, 0.2) is 11.5 Å². The van der Waals surface area contributed by atoms with Crippen LogP contribution < -0.4 is 14.8 Å². The van der Waals surface area contributed by atoms with Crippen molar-refractivity contribution < 1.29 is 14.3 Å². The molecule has 21 heavy (non-hydrogen) atoms. The molecular weight excluding hydrogens is 270 g/mol. The summed E-state index contributed by atoms with van der Waals surface area (Å²) in [7, 11) is 3.20. The van der Waals surface area contributed by atoms with Gasteiger partial charge in [0.1, 0.15) is 5.69 Å². The summed E-state index contributed by atoms with van der Waals surface area (Å²) in [4.78, 5) is 18.8. The quantitative estimate of drug-likeness (QED) is 0.848. The number of amides is 1. The summed E-state index contributed by atoms with van der Waals surface area (Å²) in [5.41, 5.74) is 2.26. The zero-order chi connectivity index (χ0) is 15.2. The van der Waals surface area contributed by atoms with Crippen molar-refractivity contribution in [3.05, 3.63) is 41.5 Å². The molecule has 0 aliphatic carbocycles. The lowest BCUT2D eigenvalue weighted by atomic mass is 10.1. The Kier molecular flexibility index (Phi) is 4.81. The first-order valence-corrected chi connectivity index (χ1v) is 6.64. The van der Waals surface area contributed by atoms with Crippen LogP contribution in [0, 0.1) is 6.92 Å². The number of methoxy groups -OCH3 is 2. The number of aromatic amines is 1. The molecule has 1 aromatic carbocycles. The number of nitrogens with zero attached hydrogens (tertiary/aromatic N) is 1. The van der Waals surface area contributed by atoms with Crippen molar-refractivity contribution in [2.45, 2.75) is 13.3 Å². The van der Waals surface area contributed by atoms with Crippen LogP contribution >= 0.6 is 0 Å². The standard InChI is InChI=1S/C15H19N3O3/c1-10-14(18-9-17-10)15(19)16-7-6-11-4-5-12(20-2)13(8-11)21-3/h4-5,8-9H,6-7H2,1-3H3,(H,16,19)(H,17,18). The number of aromatic nitrogens is 2. The van der Waals surface area contributed by atoms with Gasteiger partial charge < -0.3 is 19.8 Å². The Balaban J connectivity index is 1.92. The second kappa shape index (κ2) is 6.78. The Morgan fingerprint density at radius 1 is 1.29 bits per heavy atom. The number of H-pyrrole nitrogens is 1. The second-order valence-electron chi connectivity index (χ2n) is 4.57. The first-order valence-electron chi connectivity index (χ1n) is 6.64. The van der Waals surface area contributed by atoms with E-state index in [0.29, 0.717) is 30.2 Å². The van der Waals surface area contributed by atoms with Crippen LogP contribution in [-0.4, -0.2) is 36.6 Å². The fraction of sp³-hybridized carbons (Fsp3) is 0.333. The van der Waals surface area contributed by atoms with E-state index in [1.807, 2.05) is 25.1 Å². The van der Waals surface area contributed by atoms with Crippen molar-refractivity contribution in [3.8, 4) is 11.5 Å². The molecule has 1 heterocycles. The van der Waals surface area contributed by atoms with Gasteiger partial charge in [0.25, 0.3) is 5.91 Å². The summed E-state index contributed by atoms with van der Waals surface area (Å²) in [6.45, 7) is 2.34. The van der Waals surface area contributed by atoms with Crippen molar-refractivity contribution in [1.82, 2.24) is 15.3 Å². The number of rotatable bonds is 6. The second-order valence-corrected chi connectivity index (χ2v) is 4.57. The number of hydrogen-bond acceptors (Lipinski definition) is 4. The predicted molar refractivity (Wildman–Crippen MR) is 78.9 cm³/mol. The average molecular weight is 289 g/mol. The van der Waals surface area contributed by atoms with Gasteiger partial charge in [0.05, 0.1) is 20.5 Å². The molecule has 0 saturated carbocycles. The van der Waals surface area contributed by atoms with Crippen LogP contribution in [0.4, 0.5) is 0 Å². The molecule has 0 unspecified atom stereocenters. The Hall–Kier alpha value is -2.50. The Morgan fingerprint density at radius 3 is 2.67 bits per heavy atom. The van der Waals surface area contributed by atoms with E-state index in [1.165, 1.54) is 6.33 Å². The van der Waals surface area contributed by atoms with Crippen LogP contribution in [0.1, 0.15) is 21.7 Å². The topological polar surface area (TPSA) is 76.2 Å². The molecule has 0 fully saturated rings. The molecule has 2 rings (SSSR count). The maximum absolute atomic E-state index is 11.9. The number of nitrogens with one attached hydrogen (secondary N) is 2. The molecule has 0 saturated heterocycles. The first-order chi connectivity index (χ1) is 10.2. The molecule has 0 bridgehead atoms. The van der Waals surface area contributed by atoms with Gasteiger partial charge in [-0.25, -0.2) is 4.98 Å². The largest absolute Gasteiger partial charge is 0.493 e. The number of carbonyl (C=O) groups is 1. The molecule has 1 aromatic heterocycles. The molecule has 6 nitrogen and oxygen atoms in total. The number of hydrogen-bond donors (Lipinski definition) is 2. The highest BCUT2D eigenvalue weighted by molar-refractivity contribution is 5.93. The van der Waals surface area contributed by atoms with Crippen molar-refractivity contribution >= 4 is 5.91 Å². The van der Waals surface area contributed by atoms with Crippen molar-refractivity contribution in [2.24, 2.45) is 0 Å². The van der Waals surface area contributed by atoms with E-state index >= 15 is 0 Å². The molecule has 2 aromatic rings. The van der Waals surface area contributed by atoms with Gasteiger partial charge in [-0.2, -0.15) is 0 Å². The summed E-state index contributed by atoms with van der Waals surface area (Å²) in [5.74, 6) is 1.20. The van der Waals surface area contributed by atoms with Gasteiger partial charge in [-0.15, -0.1) is 0 Å². The zero-order valence-corrected chi connectivity index (χ0v) is 12.4. The minimum atomic E-state index is -0.172. The summed E-state index contributed by atoms with van der Waals surface area (Å²) < 4.78 is 10.4. The van der Waals surface area contributed by atoms with E-state index in [1.54, 1.807) is 14.2 Å². The van der Waals surface area contributed by atoms with Crippen LogP contribution in [0.3, 0.4) is 0 Å². The monoisotopic (exact) mass is 289 g/mol. The first kappa shape index (κ1) is 14.9. The third-order valence-electron chi connectivity index (χ3n) is 3.19. The van der Waals surface area contributed by atoms with Gasteiger partial charge in [0.2, 0.25) is 0 Å². The molecule has 2 N–H and O–H groups in total. The fourth-order valence-electron chi connectivity index (χ4n) is 2.03. The van der Waals surface area contributed by atoms with Gasteiger partial charge in [0, 0.05) is 12.2 Å². The van der Waals surface area contributed by atoms with Gasteiger partial charge in [-0.3, -0.25) is 4.79 Å². The summed E-state index contributed by atoms with van der Waals surface area (Å²) in [6.07, 6.45) is 2.22. The van der Waals surface area contributed by atoms with Crippen LogP contribution in [0.25, 0.3) is 0 Å². The molecule has 0 aliphatic rings. The summed E-state index contributed by atoms with van der Waals surface area (Å²) >= 11 is 0. The van der Waals surface area contributed by atoms with Gasteiger partial charge in [-0.1, -0.05) is 6.07 Å². The summed E-state index contributed by atoms with van der Waals surface area (Å²) in [6, 6.07) is 5.71. The predicted octanol–water partition coefficient (Wildman–Crippen LogP) is 1.71. The highest BCUT2D eigenvalue weighted by Gasteiger charge is 2.11. The maximum Gasteiger partial charge on any atom is 0.271 e. The number of aryl methyl sites for hydroxylation is 1. The Bertz CT molecular complexity index is 622. The molecule has 1 amide bonds. The smallest absolute Gasteiger partial charge is 0.271 e.